The second-order valence-corrected chi connectivity index (χ2v) is 23.1. The molecule has 0 bridgehead atoms. The van der Waals surface area contributed by atoms with E-state index in [0.29, 0.717) is 5.92 Å². The number of rotatable bonds is 9. The van der Waals surface area contributed by atoms with E-state index in [9.17, 15) is 1.37 Å². The van der Waals surface area contributed by atoms with Gasteiger partial charge >= 0.3 is 0 Å². The van der Waals surface area contributed by atoms with Crippen molar-refractivity contribution < 1.29 is 24.2 Å². The first-order chi connectivity index (χ1) is 29.7. The van der Waals surface area contributed by atoms with Crippen LogP contribution in [-0.4, -0.2) is 23.0 Å². The van der Waals surface area contributed by atoms with Crippen LogP contribution in [0.15, 0.2) is 134 Å². The van der Waals surface area contributed by atoms with E-state index in [1.807, 2.05) is 87.0 Å². The first-order valence-corrected chi connectivity index (χ1v) is 25.4. The number of fused-ring (bicyclic) bond motifs is 3. The molecular weight excluding hydrogens is 943 g/mol. The van der Waals surface area contributed by atoms with Gasteiger partial charge in [-0.3, -0.25) is 0 Å². The van der Waals surface area contributed by atoms with Gasteiger partial charge in [0.25, 0.3) is 0 Å². The van der Waals surface area contributed by atoms with Gasteiger partial charge in [-0.15, -0.1) is 59.2 Å². The van der Waals surface area contributed by atoms with Crippen molar-refractivity contribution in [1.29, 1.82) is 0 Å². The molecule has 1 fully saturated rings. The second-order valence-electron chi connectivity index (χ2n) is 17.1. The van der Waals surface area contributed by atoms with Crippen molar-refractivity contribution in [3.05, 3.63) is 157 Å². The van der Waals surface area contributed by atoms with Crippen LogP contribution in [0, 0.1) is 24.0 Å². The zero-order valence-corrected chi connectivity index (χ0v) is 39.7. The van der Waals surface area contributed by atoms with Gasteiger partial charge in [-0.05, 0) is 81.5 Å². The molecule has 1 atom stereocenters. The van der Waals surface area contributed by atoms with Crippen LogP contribution >= 0.6 is 11.3 Å². The van der Waals surface area contributed by atoms with Crippen molar-refractivity contribution in [3.8, 4) is 44.8 Å². The van der Waals surface area contributed by atoms with Crippen LogP contribution in [0.25, 0.3) is 65.1 Å². The molecule has 3 nitrogen and oxygen atoms in total. The molecule has 4 heterocycles. The van der Waals surface area contributed by atoms with Gasteiger partial charge in [0.05, 0.1) is 8.07 Å². The monoisotopic (exact) mass is 1000 g/mol. The number of nitrogens with zero attached hydrogens (tertiary/aromatic N) is 3. The largest absolute Gasteiger partial charge is 0.305 e. The molecule has 60 heavy (non-hydrogen) atoms. The molecule has 9 rings (SSSR count). The van der Waals surface area contributed by atoms with Crippen molar-refractivity contribution in [2.75, 3.05) is 0 Å². The van der Waals surface area contributed by atoms with Gasteiger partial charge in [-0.2, -0.15) is 11.3 Å². The Balaban J connectivity index is 0.000000190. The summed E-state index contributed by atoms with van der Waals surface area (Å²) in [6, 6.07) is 45.9. The first-order valence-electron chi connectivity index (χ1n) is 22.6. The van der Waals surface area contributed by atoms with Crippen molar-refractivity contribution in [3.63, 3.8) is 0 Å². The SMILES string of the molecule is [2H]C(C)(c1ccnc(-c2[c-]ccc3c2sc2ncc(-c4ccccc4)cc23)c1)C1CCCCC1.[2H]C([2H])(c1cc(-c2[c-]ccc(-c3ccccc3)c2)ncc1[Si](C)(C)C)C(C)C.[Ir]. The minimum Gasteiger partial charge on any atom is -0.305 e. The molecule has 0 saturated heterocycles. The van der Waals surface area contributed by atoms with Crippen LogP contribution in [-0.2, 0) is 26.5 Å². The zero-order valence-electron chi connectivity index (χ0n) is 38.5. The summed E-state index contributed by atoms with van der Waals surface area (Å²) >= 11 is 1.70. The number of hydrogen-bond acceptors (Lipinski definition) is 4. The molecule has 1 unspecified atom stereocenters. The Kier molecular flexibility index (Phi) is 12.8. The van der Waals surface area contributed by atoms with Crippen LogP contribution in [0.1, 0.15) is 74.0 Å². The molecule has 6 heteroatoms. The Morgan fingerprint density at radius 3 is 2.12 bits per heavy atom. The third-order valence-corrected chi connectivity index (χ3v) is 14.6. The van der Waals surface area contributed by atoms with Gasteiger partial charge < -0.3 is 9.97 Å². The molecule has 1 aliphatic carbocycles. The predicted molar refractivity (Wildman–Crippen MR) is 255 cm³/mol. The molecule has 1 radical (unpaired) electrons. The second kappa shape index (κ2) is 19.4. The van der Waals surface area contributed by atoms with Crippen LogP contribution in [0.4, 0.5) is 0 Å². The fourth-order valence-corrected chi connectivity index (χ4v) is 10.8. The summed E-state index contributed by atoms with van der Waals surface area (Å²) in [4.78, 5) is 15.3. The summed E-state index contributed by atoms with van der Waals surface area (Å²) in [5, 5.41) is 3.45. The Morgan fingerprint density at radius 1 is 0.717 bits per heavy atom. The summed E-state index contributed by atoms with van der Waals surface area (Å²) in [5.74, 6) is -0.308. The summed E-state index contributed by atoms with van der Waals surface area (Å²) in [5.41, 5.74) is 9.96. The van der Waals surface area contributed by atoms with Crippen molar-refractivity contribution in [1.82, 2.24) is 15.0 Å². The minimum atomic E-state index is -1.73. The average Bonchev–Trinajstić information content (AvgIpc) is 3.68. The zero-order chi connectivity index (χ0) is 43.6. The summed E-state index contributed by atoms with van der Waals surface area (Å²) in [6.45, 7) is 12.7. The Hall–Kier alpha value is -4.58. The minimum absolute atomic E-state index is 0. The van der Waals surface area contributed by atoms with Gasteiger partial charge in [0, 0.05) is 53.8 Å². The number of pyridine rings is 3. The third kappa shape index (κ3) is 9.96. The van der Waals surface area contributed by atoms with Crippen molar-refractivity contribution in [2.45, 2.75) is 84.8 Å². The molecule has 8 aromatic rings. The number of hydrogen-bond donors (Lipinski definition) is 0. The van der Waals surface area contributed by atoms with E-state index in [-0.39, 0.29) is 26.0 Å². The van der Waals surface area contributed by atoms with Crippen LogP contribution in [0.5, 0.6) is 0 Å². The van der Waals surface area contributed by atoms with E-state index in [4.69, 9.17) is 17.7 Å². The number of thiophene rings is 1. The Labute approximate surface area is 380 Å². The van der Waals surface area contributed by atoms with Gasteiger partial charge in [0.2, 0.25) is 0 Å². The van der Waals surface area contributed by atoms with Crippen molar-refractivity contribution >= 4 is 44.9 Å². The van der Waals surface area contributed by atoms with Crippen LogP contribution in [0.3, 0.4) is 0 Å². The molecule has 0 N–H and O–H groups in total. The van der Waals surface area contributed by atoms with Crippen molar-refractivity contribution in [2.24, 2.45) is 11.8 Å². The fourth-order valence-electron chi connectivity index (χ4n) is 8.24. The van der Waals surface area contributed by atoms with E-state index >= 15 is 0 Å². The maximum absolute atomic E-state index is 9.23. The molecule has 0 aliphatic heterocycles. The third-order valence-electron chi connectivity index (χ3n) is 11.4. The van der Waals surface area contributed by atoms with E-state index in [2.05, 4.69) is 99.4 Å². The molecule has 0 amide bonds. The molecule has 307 valence electrons. The van der Waals surface area contributed by atoms with E-state index < -0.39 is 20.3 Å². The van der Waals surface area contributed by atoms with Gasteiger partial charge in [-0.1, -0.05) is 149 Å². The van der Waals surface area contributed by atoms with Crippen LogP contribution < -0.4 is 5.19 Å². The first kappa shape index (κ1) is 39.5. The maximum atomic E-state index is 9.23. The fraction of sp³-hybridized carbons (Fsp3) is 0.278. The number of benzene rings is 4. The number of aromatic nitrogens is 3. The van der Waals surface area contributed by atoms with Crippen LogP contribution in [0.2, 0.25) is 19.6 Å². The maximum Gasteiger partial charge on any atom is 0.113 e. The molecule has 4 aromatic heterocycles. The summed E-state index contributed by atoms with van der Waals surface area (Å²) in [7, 11) is -1.73. The molecule has 0 spiro atoms. The van der Waals surface area contributed by atoms with Gasteiger partial charge in [0.1, 0.15) is 4.83 Å². The van der Waals surface area contributed by atoms with E-state index in [1.165, 1.54) is 35.6 Å². The summed E-state index contributed by atoms with van der Waals surface area (Å²) < 4.78 is 27.8. The average molecular weight is 1000 g/mol. The van der Waals surface area contributed by atoms with Gasteiger partial charge in [0.15, 0.2) is 0 Å². The molecular formula is C54H55IrN3SSi-2. The molecule has 4 aromatic carbocycles. The normalized spacial score (nSPS) is 15.3. The Morgan fingerprint density at radius 2 is 1.42 bits per heavy atom. The predicted octanol–water partition coefficient (Wildman–Crippen LogP) is 14.6. The molecule has 1 saturated carbocycles. The summed E-state index contributed by atoms with van der Waals surface area (Å²) in [6.07, 6.45) is 10.4. The van der Waals surface area contributed by atoms with E-state index in [1.54, 1.807) is 11.3 Å². The quantitative estimate of drug-likeness (QED) is 0.107. The Bertz CT molecular complexity index is 2810. The van der Waals surface area contributed by atoms with E-state index in [0.717, 1.165) is 77.9 Å². The smallest absolute Gasteiger partial charge is 0.113 e. The topological polar surface area (TPSA) is 38.7 Å². The van der Waals surface area contributed by atoms with Gasteiger partial charge in [-0.25, -0.2) is 4.98 Å². The standard InChI is InChI=1S/C30H27N2S.C24H28NSi.Ir/c1-20(21-9-4-2-5-10-21)23-15-16-31-28(18-23)26-14-8-13-25-27-17-24(22-11-6-3-7-12-22)19-32-30(27)33-29(25)26;1-18(2)14-22-16-23(25-17-24(22)26(3,4)5)21-13-9-12-20(15-21)19-10-7-6-8-11-19;/h3,6-8,11-13,15-21H,2,4-5,9-10H2,1H3;6-12,15-18H,14H2,1-5H3;/q2*-1;/i20D;14D2;. The molecule has 1 aliphatic rings.